The lowest BCUT2D eigenvalue weighted by Gasteiger charge is -2.21. The Labute approximate surface area is 206 Å². The van der Waals surface area contributed by atoms with Gasteiger partial charge in [0.05, 0.1) is 18.3 Å². The first-order valence-corrected chi connectivity index (χ1v) is 12.7. The summed E-state index contributed by atoms with van der Waals surface area (Å²) in [4.78, 5) is 4.40. The molecule has 6 nitrogen and oxygen atoms in total. The van der Waals surface area contributed by atoms with Gasteiger partial charge in [0.1, 0.15) is 24.1 Å². The predicted molar refractivity (Wildman–Crippen MR) is 138 cm³/mol. The number of nitrogens with one attached hydrogen (secondary N) is 1. The van der Waals surface area contributed by atoms with E-state index in [-0.39, 0.29) is 6.04 Å². The summed E-state index contributed by atoms with van der Waals surface area (Å²) in [5.74, 6) is 2.42. The molecule has 4 aromatic rings. The monoisotopic (exact) mass is 471 g/mol. The second kappa shape index (κ2) is 10.9. The van der Waals surface area contributed by atoms with E-state index in [1.807, 2.05) is 25.3 Å². The van der Waals surface area contributed by atoms with E-state index in [1.165, 1.54) is 37.7 Å². The molecule has 0 spiro atoms. The number of rotatable bonds is 9. The highest BCUT2D eigenvalue weighted by Gasteiger charge is 2.15. The summed E-state index contributed by atoms with van der Waals surface area (Å²) in [6.07, 6.45) is 11.1. The van der Waals surface area contributed by atoms with Crippen LogP contribution in [0.5, 0.6) is 11.5 Å². The Hall–Kier alpha value is -3.38. The maximum atomic E-state index is 6.12. The Kier molecular flexibility index (Phi) is 7.28. The highest BCUT2D eigenvalue weighted by molar-refractivity contribution is 5.86. The Bertz CT molecular complexity index is 1260. The van der Waals surface area contributed by atoms with Crippen LogP contribution in [0.1, 0.15) is 43.4 Å². The second-order valence-electron chi connectivity index (χ2n) is 9.83. The third-order valence-electron chi connectivity index (χ3n) is 6.91. The van der Waals surface area contributed by atoms with Gasteiger partial charge in [0.2, 0.25) is 0 Å². The normalized spacial score (nSPS) is 15.3. The summed E-state index contributed by atoms with van der Waals surface area (Å²) >= 11 is 0. The van der Waals surface area contributed by atoms with Crippen molar-refractivity contribution in [2.75, 3.05) is 13.2 Å². The van der Waals surface area contributed by atoms with E-state index in [0.717, 1.165) is 52.3 Å². The van der Waals surface area contributed by atoms with Crippen LogP contribution in [0.25, 0.3) is 22.0 Å². The van der Waals surface area contributed by atoms with Gasteiger partial charge in [0.25, 0.3) is 0 Å². The number of benzene rings is 2. The van der Waals surface area contributed by atoms with Gasteiger partial charge in [-0.3, -0.25) is 10.1 Å². The summed E-state index contributed by atoms with van der Waals surface area (Å²) in [5, 5.41) is 8.47. The van der Waals surface area contributed by atoms with Crippen LogP contribution < -0.4 is 15.2 Å². The number of pyridine rings is 1. The molecular weight excluding hydrogens is 436 g/mol. The number of hydrogen-bond donors (Lipinski definition) is 2. The maximum Gasteiger partial charge on any atom is 0.140 e. The number of aromatic nitrogens is 3. The molecule has 0 saturated heterocycles. The van der Waals surface area contributed by atoms with Crippen molar-refractivity contribution < 1.29 is 15.2 Å². The van der Waals surface area contributed by atoms with E-state index in [0.29, 0.717) is 12.5 Å². The molecule has 1 aliphatic carbocycles. The molecule has 0 amide bonds. The predicted octanol–water partition coefficient (Wildman–Crippen LogP) is 5.12. The molecule has 6 heteroatoms. The first-order chi connectivity index (χ1) is 17.1. The van der Waals surface area contributed by atoms with Crippen LogP contribution in [-0.4, -0.2) is 34.4 Å². The lowest BCUT2D eigenvalue weighted by Crippen LogP contribution is -2.64. The molecule has 5 rings (SSSR count). The van der Waals surface area contributed by atoms with E-state index in [1.54, 1.807) is 6.20 Å². The first-order valence-electron chi connectivity index (χ1n) is 12.7. The number of H-pyrrole nitrogens is 1. The molecule has 1 saturated carbocycles. The van der Waals surface area contributed by atoms with Crippen LogP contribution in [-0.2, 0) is 6.42 Å². The zero-order valence-corrected chi connectivity index (χ0v) is 20.5. The third kappa shape index (κ3) is 6.01. The molecule has 2 heterocycles. The topological polar surface area (TPSA) is 87.7 Å². The van der Waals surface area contributed by atoms with Gasteiger partial charge in [-0.15, -0.1) is 0 Å². The van der Waals surface area contributed by atoms with Gasteiger partial charge >= 0.3 is 0 Å². The van der Waals surface area contributed by atoms with Gasteiger partial charge in [-0.1, -0.05) is 37.5 Å². The minimum absolute atomic E-state index is 0.122. The smallest absolute Gasteiger partial charge is 0.140 e. The summed E-state index contributed by atoms with van der Waals surface area (Å²) in [6.45, 7) is 3.39. The van der Waals surface area contributed by atoms with Gasteiger partial charge in [0.15, 0.2) is 0 Å². The minimum atomic E-state index is 0.122. The fraction of sp³-hybridized carbons (Fsp3) is 0.379. The van der Waals surface area contributed by atoms with Crippen LogP contribution in [0.4, 0.5) is 0 Å². The first kappa shape index (κ1) is 23.4. The maximum absolute atomic E-state index is 6.12. The van der Waals surface area contributed by atoms with Gasteiger partial charge in [-0.05, 0) is 67.1 Å². The average Bonchev–Trinajstić information content (AvgIpc) is 3.27. The Morgan fingerprint density at radius 1 is 0.971 bits per heavy atom. The second-order valence-corrected chi connectivity index (χ2v) is 9.83. The molecule has 4 N–H and O–H groups in total. The van der Waals surface area contributed by atoms with Gasteiger partial charge < -0.3 is 15.2 Å². The lowest BCUT2D eigenvalue weighted by molar-refractivity contribution is -0.423. The molecule has 182 valence electrons. The SMILES string of the molecule is Cc1[nH]nc2ccc(-c3cncc(OC[C@@H]([NH3+])Cc4cccc(OCC5CCCCC5)c4)c3)cc12. The van der Waals surface area contributed by atoms with Crippen molar-refractivity contribution in [3.05, 3.63) is 72.2 Å². The molecular formula is C29H35N4O2+. The molecule has 0 radical (unpaired) electrons. The molecule has 2 aromatic carbocycles. The number of ether oxygens (including phenoxy) is 2. The van der Waals surface area contributed by atoms with Crippen molar-refractivity contribution >= 4 is 10.9 Å². The van der Waals surface area contributed by atoms with Crippen LogP contribution in [0.2, 0.25) is 0 Å². The number of hydrogen-bond acceptors (Lipinski definition) is 4. The molecule has 0 aliphatic heterocycles. The molecule has 1 atom stereocenters. The number of quaternary nitrogens is 1. The number of fused-ring (bicyclic) bond motifs is 1. The largest absolute Gasteiger partial charge is 0.493 e. The summed E-state index contributed by atoms with van der Waals surface area (Å²) in [6, 6.07) is 16.8. The molecule has 1 aliphatic rings. The van der Waals surface area contributed by atoms with E-state index >= 15 is 0 Å². The number of nitrogens with zero attached hydrogens (tertiary/aromatic N) is 2. The van der Waals surface area contributed by atoms with Crippen molar-refractivity contribution in [2.45, 2.75) is 51.5 Å². The Morgan fingerprint density at radius 3 is 2.74 bits per heavy atom. The van der Waals surface area contributed by atoms with Gasteiger partial charge in [-0.25, -0.2) is 0 Å². The van der Waals surface area contributed by atoms with Crippen LogP contribution >= 0.6 is 0 Å². The van der Waals surface area contributed by atoms with Crippen LogP contribution in [0.15, 0.2) is 60.9 Å². The summed E-state index contributed by atoms with van der Waals surface area (Å²) < 4.78 is 12.2. The van der Waals surface area contributed by atoms with E-state index < -0.39 is 0 Å². The highest BCUT2D eigenvalue weighted by Crippen LogP contribution is 2.27. The lowest BCUT2D eigenvalue weighted by atomic mass is 9.90. The minimum Gasteiger partial charge on any atom is -0.493 e. The summed E-state index contributed by atoms with van der Waals surface area (Å²) in [5.41, 5.74) is 9.69. The average molecular weight is 472 g/mol. The molecule has 0 unspecified atom stereocenters. The van der Waals surface area contributed by atoms with Gasteiger partial charge in [-0.2, -0.15) is 5.10 Å². The molecule has 35 heavy (non-hydrogen) atoms. The van der Waals surface area contributed by atoms with Crippen molar-refractivity contribution in [3.8, 4) is 22.6 Å². The number of aromatic amines is 1. The highest BCUT2D eigenvalue weighted by atomic mass is 16.5. The zero-order valence-electron chi connectivity index (χ0n) is 20.5. The quantitative estimate of drug-likeness (QED) is 0.354. The van der Waals surface area contributed by atoms with Gasteiger partial charge in [0, 0.05) is 29.3 Å². The fourth-order valence-corrected chi connectivity index (χ4v) is 4.91. The molecule has 0 bridgehead atoms. The van der Waals surface area contributed by atoms with Crippen LogP contribution in [0, 0.1) is 12.8 Å². The number of aryl methyl sites for hydroxylation is 1. The van der Waals surface area contributed by atoms with E-state index in [2.05, 4.69) is 57.3 Å². The Morgan fingerprint density at radius 2 is 1.86 bits per heavy atom. The van der Waals surface area contributed by atoms with Crippen molar-refractivity contribution in [1.82, 2.24) is 15.2 Å². The Balaban J connectivity index is 1.16. The zero-order chi connectivity index (χ0) is 24.0. The molecule has 1 fully saturated rings. The van der Waals surface area contributed by atoms with E-state index in [4.69, 9.17) is 9.47 Å². The summed E-state index contributed by atoms with van der Waals surface area (Å²) in [7, 11) is 0. The standard InChI is InChI=1S/C29H34N4O2/c1-20-28-15-23(10-11-29(28)33-32-20)24-14-27(17-31-16-24)35-19-25(30)12-22-8-5-9-26(13-22)34-18-21-6-3-2-4-7-21/h5,8-11,13-17,21,25H,2-4,6-7,12,18-19,30H2,1H3,(H,32,33)/p+1/t25-/m0/s1. The van der Waals surface area contributed by atoms with E-state index in [9.17, 15) is 0 Å². The molecule has 2 aromatic heterocycles. The van der Waals surface area contributed by atoms with Crippen molar-refractivity contribution in [3.63, 3.8) is 0 Å². The van der Waals surface area contributed by atoms with Crippen LogP contribution in [0.3, 0.4) is 0 Å². The third-order valence-corrected chi connectivity index (χ3v) is 6.91. The van der Waals surface area contributed by atoms with Crippen molar-refractivity contribution in [1.29, 1.82) is 0 Å². The fourth-order valence-electron chi connectivity index (χ4n) is 4.91. The van der Waals surface area contributed by atoms with Crippen molar-refractivity contribution in [2.24, 2.45) is 5.92 Å².